The molecule has 118 valence electrons. The molecule has 0 saturated carbocycles. The van der Waals surface area contributed by atoms with Gasteiger partial charge < -0.3 is 15.2 Å². The molecule has 2 rings (SSSR count). The van der Waals surface area contributed by atoms with E-state index in [1.165, 1.54) is 0 Å². The molecule has 0 spiro atoms. The molecular formula is C16H20ClN3O2. The Hall–Kier alpha value is -1.85. The van der Waals surface area contributed by atoms with Gasteiger partial charge in [0.05, 0.1) is 6.10 Å². The monoisotopic (exact) mass is 321 g/mol. The van der Waals surface area contributed by atoms with E-state index in [4.69, 9.17) is 16.3 Å². The third-order valence-electron chi connectivity index (χ3n) is 3.06. The van der Waals surface area contributed by atoms with Crippen molar-refractivity contribution in [2.75, 3.05) is 11.9 Å². The van der Waals surface area contributed by atoms with E-state index in [0.717, 1.165) is 5.56 Å². The van der Waals surface area contributed by atoms with Crippen LogP contribution in [0.25, 0.3) is 0 Å². The fourth-order valence-electron chi connectivity index (χ4n) is 1.94. The lowest BCUT2D eigenvalue weighted by atomic mass is 9.96. The lowest BCUT2D eigenvalue weighted by Gasteiger charge is -2.25. The second-order valence-corrected chi connectivity index (χ2v) is 5.95. The van der Waals surface area contributed by atoms with Gasteiger partial charge in [-0.15, -0.1) is 0 Å². The second kappa shape index (κ2) is 6.94. The molecule has 0 aliphatic heterocycles. The first-order valence-corrected chi connectivity index (χ1v) is 7.46. The van der Waals surface area contributed by atoms with Crippen LogP contribution in [0.3, 0.4) is 0 Å². The molecule has 0 amide bonds. The number of aromatic nitrogens is 2. The van der Waals surface area contributed by atoms with Gasteiger partial charge in [-0.25, -0.2) is 9.97 Å². The minimum Gasteiger partial charge on any atom is -0.472 e. The average molecular weight is 322 g/mol. The summed E-state index contributed by atoms with van der Waals surface area (Å²) in [6, 6.07) is 7.15. The molecule has 1 heterocycles. The molecule has 1 unspecified atom stereocenters. The topological polar surface area (TPSA) is 67.3 Å². The smallest absolute Gasteiger partial charge is 0.257 e. The van der Waals surface area contributed by atoms with E-state index < -0.39 is 5.60 Å². The molecule has 1 atom stereocenters. The van der Waals surface area contributed by atoms with Crippen LogP contribution in [-0.4, -0.2) is 27.7 Å². The number of hydrogen-bond donors (Lipinski definition) is 2. The molecule has 0 radical (unpaired) electrons. The third-order valence-corrected chi connectivity index (χ3v) is 3.29. The van der Waals surface area contributed by atoms with Crippen LogP contribution in [0.2, 0.25) is 5.02 Å². The van der Waals surface area contributed by atoms with E-state index in [2.05, 4.69) is 15.3 Å². The number of benzene rings is 1. The van der Waals surface area contributed by atoms with Gasteiger partial charge in [-0.1, -0.05) is 23.7 Å². The van der Waals surface area contributed by atoms with Crippen molar-refractivity contribution in [2.24, 2.45) is 0 Å². The number of rotatable bonds is 6. The molecule has 0 aliphatic rings. The van der Waals surface area contributed by atoms with Gasteiger partial charge in [-0.05, 0) is 38.5 Å². The third kappa shape index (κ3) is 4.32. The highest BCUT2D eigenvalue weighted by atomic mass is 35.5. The van der Waals surface area contributed by atoms with Crippen molar-refractivity contribution in [1.29, 1.82) is 0 Å². The summed E-state index contributed by atoms with van der Waals surface area (Å²) in [6.45, 7) is 5.80. The molecule has 0 bridgehead atoms. The normalized spacial score (nSPS) is 13.7. The maximum absolute atomic E-state index is 10.6. The number of hydrogen-bond acceptors (Lipinski definition) is 5. The van der Waals surface area contributed by atoms with Crippen molar-refractivity contribution in [3.63, 3.8) is 0 Å². The Bertz CT molecular complexity index is 632. The Morgan fingerprint density at radius 3 is 2.73 bits per heavy atom. The SMILES string of the molecule is CC(C)Oc1nccnc1NCC(C)(O)c1cccc(Cl)c1. The highest BCUT2D eigenvalue weighted by molar-refractivity contribution is 6.30. The molecule has 0 saturated heterocycles. The maximum Gasteiger partial charge on any atom is 0.257 e. The van der Waals surface area contributed by atoms with Crippen molar-refractivity contribution in [3.8, 4) is 5.88 Å². The van der Waals surface area contributed by atoms with Gasteiger partial charge in [0.1, 0.15) is 5.60 Å². The van der Waals surface area contributed by atoms with Crippen molar-refractivity contribution in [1.82, 2.24) is 9.97 Å². The zero-order valence-corrected chi connectivity index (χ0v) is 13.6. The van der Waals surface area contributed by atoms with Gasteiger partial charge in [0, 0.05) is 24.0 Å². The van der Waals surface area contributed by atoms with Crippen LogP contribution in [-0.2, 0) is 5.60 Å². The van der Waals surface area contributed by atoms with Gasteiger partial charge in [-0.3, -0.25) is 0 Å². The Morgan fingerprint density at radius 1 is 1.32 bits per heavy atom. The summed E-state index contributed by atoms with van der Waals surface area (Å²) in [6.07, 6.45) is 3.13. The van der Waals surface area contributed by atoms with Crippen LogP contribution in [0.5, 0.6) is 5.88 Å². The molecular weight excluding hydrogens is 302 g/mol. The molecule has 5 nitrogen and oxygen atoms in total. The molecule has 1 aromatic heterocycles. The molecule has 6 heteroatoms. The molecule has 2 N–H and O–H groups in total. The minimum absolute atomic E-state index is 0.00862. The van der Waals surface area contributed by atoms with E-state index in [1.54, 1.807) is 31.5 Å². The van der Waals surface area contributed by atoms with Crippen molar-refractivity contribution >= 4 is 17.4 Å². The lowest BCUT2D eigenvalue weighted by molar-refractivity contribution is 0.0713. The number of ether oxygens (including phenoxy) is 1. The van der Waals surface area contributed by atoms with Crippen LogP contribution in [0.15, 0.2) is 36.7 Å². The summed E-state index contributed by atoms with van der Waals surface area (Å²) in [5, 5.41) is 14.3. The first-order chi connectivity index (χ1) is 10.4. The van der Waals surface area contributed by atoms with E-state index in [1.807, 2.05) is 26.0 Å². The summed E-state index contributed by atoms with van der Waals surface area (Å²) >= 11 is 5.98. The van der Waals surface area contributed by atoms with Gasteiger partial charge in [0.15, 0.2) is 5.82 Å². The molecule has 22 heavy (non-hydrogen) atoms. The van der Waals surface area contributed by atoms with E-state index in [-0.39, 0.29) is 12.6 Å². The zero-order valence-electron chi connectivity index (χ0n) is 12.9. The second-order valence-electron chi connectivity index (χ2n) is 5.51. The van der Waals surface area contributed by atoms with E-state index >= 15 is 0 Å². The Morgan fingerprint density at radius 2 is 2.05 bits per heavy atom. The van der Waals surface area contributed by atoms with Crippen molar-refractivity contribution in [2.45, 2.75) is 32.5 Å². The summed E-state index contributed by atoms with van der Waals surface area (Å²) in [5.41, 5.74) is -0.375. The predicted octanol–water partition coefficient (Wildman–Crippen LogP) is 3.24. The Labute approximate surface area is 135 Å². The highest BCUT2D eigenvalue weighted by Crippen LogP contribution is 2.25. The fraction of sp³-hybridized carbons (Fsp3) is 0.375. The molecule has 2 aromatic rings. The minimum atomic E-state index is -1.10. The number of halogens is 1. The van der Waals surface area contributed by atoms with Crippen molar-refractivity contribution < 1.29 is 9.84 Å². The van der Waals surface area contributed by atoms with Crippen LogP contribution in [0.1, 0.15) is 26.3 Å². The number of nitrogens with zero attached hydrogens (tertiary/aromatic N) is 2. The first kappa shape index (κ1) is 16.5. The predicted molar refractivity (Wildman–Crippen MR) is 87.3 cm³/mol. The summed E-state index contributed by atoms with van der Waals surface area (Å²) < 4.78 is 5.60. The number of anilines is 1. The summed E-state index contributed by atoms with van der Waals surface area (Å²) in [4.78, 5) is 8.37. The largest absolute Gasteiger partial charge is 0.472 e. The Kier molecular flexibility index (Phi) is 5.21. The van der Waals surface area contributed by atoms with Gasteiger partial charge in [0.2, 0.25) is 0 Å². The summed E-state index contributed by atoms with van der Waals surface area (Å²) in [7, 11) is 0. The van der Waals surface area contributed by atoms with Crippen molar-refractivity contribution in [3.05, 3.63) is 47.2 Å². The summed E-state index contributed by atoms with van der Waals surface area (Å²) in [5.74, 6) is 0.915. The lowest BCUT2D eigenvalue weighted by Crippen LogP contribution is -2.31. The van der Waals surface area contributed by atoms with E-state index in [0.29, 0.717) is 16.7 Å². The molecule has 0 fully saturated rings. The number of nitrogens with one attached hydrogen (secondary N) is 1. The zero-order chi connectivity index (χ0) is 16.2. The number of aliphatic hydroxyl groups is 1. The Balaban J connectivity index is 2.12. The highest BCUT2D eigenvalue weighted by Gasteiger charge is 2.24. The van der Waals surface area contributed by atoms with Crippen LogP contribution < -0.4 is 10.1 Å². The van der Waals surface area contributed by atoms with Crippen LogP contribution in [0, 0.1) is 0 Å². The van der Waals surface area contributed by atoms with E-state index in [9.17, 15) is 5.11 Å². The molecule has 0 aliphatic carbocycles. The molecule has 1 aromatic carbocycles. The quantitative estimate of drug-likeness (QED) is 0.855. The maximum atomic E-state index is 10.6. The van der Waals surface area contributed by atoms with Gasteiger partial charge >= 0.3 is 0 Å². The van der Waals surface area contributed by atoms with Gasteiger partial charge in [0.25, 0.3) is 5.88 Å². The first-order valence-electron chi connectivity index (χ1n) is 7.08. The van der Waals surface area contributed by atoms with Crippen LogP contribution >= 0.6 is 11.6 Å². The fourth-order valence-corrected chi connectivity index (χ4v) is 2.13. The van der Waals surface area contributed by atoms with Gasteiger partial charge in [-0.2, -0.15) is 0 Å². The van der Waals surface area contributed by atoms with Crippen LogP contribution in [0.4, 0.5) is 5.82 Å². The standard InChI is InChI=1S/C16H20ClN3O2/c1-11(2)22-15-14(18-7-8-19-15)20-10-16(3,21)12-5-4-6-13(17)9-12/h4-9,11,21H,10H2,1-3H3,(H,18,20). The average Bonchev–Trinajstić information content (AvgIpc) is 2.46.